The van der Waals surface area contributed by atoms with Crippen molar-refractivity contribution in [3.05, 3.63) is 53.8 Å². The Labute approximate surface area is 176 Å². The van der Waals surface area contributed by atoms with Gasteiger partial charge in [0, 0.05) is 38.4 Å². The molecule has 0 radical (unpaired) electrons. The number of carbonyl (C=O) groups excluding carboxylic acids is 1. The molecule has 0 aliphatic rings. The summed E-state index contributed by atoms with van der Waals surface area (Å²) in [5, 5.41) is 2.54. The van der Waals surface area contributed by atoms with E-state index in [1.54, 1.807) is 13.8 Å². The summed E-state index contributed by atoms with van der Waals surface area (Å²) in [6.07, 6.45) is 0. The number of benzene rings is 2. The van der Waals surface area contributed by atoms with Crippen molar-refractivity contribution in [2.75, 3.05) is 32.5 Å². The average molecular weight is 458 g/mol. The third kappa shape index (κ3) is 4.86. The Hall–Kier alpha value is -2.34. The molecule has 1 amide bonds. The highest BCUT2D eigenvalue weighted by atomic mass is 32.2. The van der Waals surface area contributed by atoms with Gasteiger partial charge in [0.25, 0.3) is 5.91 Å². The van der Waals surface area contributed by atoms with Gasteiger partial charge in [-0.2, -0.15) is 4.31 Å². The van der Waals surface area contributed by atoms with E-state index in [-0.39, 0.29) is 10.5 Å². The number of anilines is 1. The molecule has 0 aromatic heterocycles. The maximum absolute atomic E-state index is 14.0. The maximum atomic E-state index is 14.0. The van der Waals surface area contributed by atoms with Crippen LogP contribution in [-0.2, 0) is 20.0 Å². The highest BCUT2D eigenvalue weighted by Crippen LogP contribution is 2.21. The highest BCUT2D eigenvalue weighted by Gasteiger charge is 2.24. The fraction of sp³-hybridized carbons (Fsp3) is 0.316. The van der Waals surface area contributed by atoms with E-state index in [9.17, 15) is 26.0 Å². The van der Waals surface area contributed by atoms with Crippen LogP contribution in [0.1, 0.15) is 24.2 Å². The molecule has 2 aromatic rings. The molecule has 164 valence electrons. The van der Waals surface area contributed by atoms with Crippen molar-refractivity contribution in [3.63, 3.8) is 0 Å². The topological polar surface area (TPSA) is 104 Å². The van der Waals surface area contributed by atoms with Gasteiger partial charge in [-0.25, -0.2) is 25.5 Å². The minimum Gasteiger partial charge on any atom is -0.322 e. The second-order valence-corrected chi connectivity index (χ2v) is 10.6. The lowest BCUT2D eigenvalue weighted by atomic mass is 10.2. The van der Waals surface area contributed by atoms with E-state index in [4.69, 9.17) is 0 Å². The van der Waals surface area contributed by atoms with Crippen LogP contribution in [-0.4, -0.2) is 58.5 Å². The molecule has 0 bridgehead atoms. The normalized spacial score (nSPS) is 12.4. The van der Waals surface area contributed by atoms with Crippen molar-refractivity contribution in [3.8, 4) is 0 Å². The van der Waals surface area contributed by atoms with Gasteiger partial charge in [0.1, 0.15) is 10.7 Å². The average Bonchev–Trinajstić information content (AvgIpc) is 2.69. The van der Waals surface area contributed by atoms with Gasteiger partial charge in [-0.3, -0.25) is 4.79 Å². The molecule has 0 spiro atoms. The van der Waals surface area contributed by atoms with E-state index >= 15 is 0 Å². The van der Waals surface area contributed by atoms with Crippen LogP contribution < -0.4 is 5.32 Å². The van der Waals surface area contributed by atoms with Gasteiger partial charge in [-0.15, -0.1) is 0 Å². The van der Waals surface area contributed by atoms with E-state index < -0.39 is 36.7 Å². The summed E-state index contributed by atoms with van der Waals surface area (Å²) in [7, 11) is -5.17. The lowest BCUT2D eigenvalue weighted by molar-refractivity contribution is 0.102. The van der Waals surface area contributed by atoms with Crippen molar-refractivity contribution in [2.24, 2.45) is 0 Å². The molecule has 0 heterocycles. The summed E-state index contributed by atoms with van der Waals surface area (Å²) in [6.45, 7) is 4.15. The number of amides is 1. The molecule has 2 rings (SSSR count). The highest BCUT2D eigenvalue weighted by molar-refractivity contribution is 7.89. The second kappa shape index (κ2) is 9.21. The zero-order chi connectivity index (χ0) is 22.7. The SMILES string of the molecule is CCN(CC)S(=O)(=O)c1ccc(NC(=O)c2ccc(F)c(S(=O)(=O)N(C)C)c2)cc1. The van der Waals surface area contributed by atoms with E-state index in [1.165, 1.54) is 48.7 Å². The first-order valence-corrected chi connectivity index (χ1v) is 12.0. The van der Waals surface area contributed by atoms with Crippen LogP contribution in [0.25, 0.3) is 0 Å². The van der Waals surface area contributed by atoms with Crippen LogP contribution in [0, 0.1) is 5.82 Å². The van der Waals surface area contributed by atoms with Crippen molar-refractivity contribution in [2.45, 2.75) is 23.6 Å². The summed E-state index contributed by atoms with van der Waals surface area (Å²) in [5.74, 6) is -1.63. The number of hydrogen-bond acceptors (Lipinski definition) is 5. The van der Waals surface area contributed by atoms with Crippen LogP contribution in [0.2, 0.25) is 0 Å². The van der Waals surface area contributed by atoms with Crippen LogP contribution in [0.15, 0.2) is 52.3 Å². The van der Waals surface area contributed by atoms with Crippen LogP contribution in [0.5, 0.6) is 0 Å². The first-order chi connectivity index (χ1) is 13.9. The summed E-state index contributed by atoms with van der Waals surface area (Å²) >= 11 is 0. The number of halogens is 1. The first-order valence-electron chi connectivity index (χ1n) is 9.08. The first kappa shape index (κ1) is 23.9. The molecule has 0 saturated heterocycles. The number of sulfonamides is 2. The molecule has 1 N–H and O–H groups in total. The Morgan fingerprint density at radius 1 is 0.933 bits per heavy atom. The largest absolute Gasteiger partial charge is 0.322 e. The van der Waals surface area contributed by atoms with E-state index in [2.05, 4.69) is 5.32 Å². The number of nitrogens with one attached hydrogen (secondary N) is 1. The monoisotopic (exact) mass is 457 g/mol. The smallest absolute Gasteiger partial charge is 0.255 e. The Balaban J connectivity index is 2.27. The van der Waals surface area contributed by atoms with Gasteiger partial charge in [0.2, 0.25) is 20.0 Å². The molecule has 8 nitrogen and oxygen atoms in total. The molecule has 0 saturated carbocycles. The zero-order valence-corrected chi connectivity index (χ0v) is 18.7. The third-order valence-corrected chi connectivity index (χ3v) is 8.30. The van der Waals surface area contributed by atoms with Crippen LogP contribution >= 0.6 is 0 Å². The van der Waals surface area contributed by atoms with Crippen molar-refractivity contribution < 1.29 is 26.0 Å². The molecule has 0 unspecified atom stereocenters. The summed E-state index contributed by atoms with van der Waals surface area (Å²) < 4.78 is 65.6. The quantitative estimate of drug-likeness (QED) is 0.655. The number of rotatable bonds is 8. The van der Waals surface area contributed by atoms with Gasteiger partial charge in [0.15, 0.2) is 0 Å². The molecular weight excluding hydrogens is 433 g/mol. The molecule has 0 aliphatic heterocycles. The molecule has 30 heavy (non-hydrogen) atoms. The minimum atomic E-state index is -4.06. The molecule has 11 heteroatoms. The lowest BCUT2D eigenvalue weighted by Crippen LogP contribution is -2.30. The van der Waals surface area contributed by atoms with Crippen LogP contribution in [0.4, 0.5) is 10.1 Å². The Bertz CT molecular complexity index is 1130. The maximum Gasteiger partial charge on any atom is 0.255 e. The molecule has 0 fully saturated rings. The number of hydrogen-bond donors (Lipinski definition) is 1. The van der Waals surface area contributed by atoms with Gasteiger partial charge in [-0.05, 0) is 42.5 Å². The van der Waals surface area contributed by atoms with Crippen molar-refractivity contribution in [1.29, 1.82) is 0 Å². The van der Waals surface area contributed by atoms with Gasteiger partial charge in [0.05, 0.1) is 4.90 Å². The van der Waals surface area contributed by atoms with E-state index in [1.807, 2.05) is 0 Å². The standard InChI is InChI=1S/C19H24FN3O5S2/c1-5-23(6-2)29(25,26)16-10-8-15(9-11-16)21-19(24)14-7-12-17(20)18(13-14)30(27,28)22(3)4/h7-13H,5-6H2,1-4H3,(H,21,24). The lowest BCUT2D eigenvalue weighted by Gasteiger charge is -2.18. The van der Waals surface area contributed by atoms with Gasteiger partial charge in [-0.1, -0.05) is 13.8 Å². The molecule has 0 aliphatic carbocycles. The Kier molecular flexibility index (Phi) is 7.35. The Morgan fingerprint density at radius 3 is 2.00 bits per heavy atom. The molecular formula is C19H24FN3O5S2. The zero-order valence-electron chi connectivity index (χ0n) is 17.1. The fourth-order valence-corrected chi connectivity index (χ4v) is 5.11. The predicted octanol–water partition coefficient (Wildman–Crippen LogP) is 2.36. The third-order valence-electron chi connectivity index (χ3n) is 4.41. The van der Waals surface area contributed by atoms with Gasteiger partial charge < -0.3 is 5.32 Å². The molecule has 0 atom stereocenters. The number of nitrogens with zero attached hydrogens (tertiary/aromatic N) is 2. The van der Waals surface area contributed by atoms with E-state index in [0.717, 1.165) is 16.4 Å². The molecule has 2 aromatic carbocycles. The van der Waals surface area contributed by atoms with Crippen molar-refractivity contribution >= 4 is 31.6 Å². The van der Waals surface area contributed by atoms with Crippen LogP contribution in [0.3, 0.4) is 0 Å². The summed E-state index contributed by atoms with van der Waals surface area (Å²) in [6, 6.07) is 8.62. The Morgan fingerprint density at radius 2 is 1.50 bits per heavy atom. The van der Waals surface area contributed by atoms with Gasteiger partial charge >= 0.3 is 0 Å². The van der Waals surface area contributed by atoms with Crippen molar-refractivity contribution in [1.82, 2.24) is 8.61 Å². The summed E-state index contributed by atoms with van der Waals surface area (Å²) in [4.78, 5) is 12.0. The predicted molar refractivity (Wildman–Crippen MR) is 112 cm³/mol. The number of carbonyl (C=O) groups is 1. The van der Waals surface area contributed by atoms with E-state index in [0.29, 0.717) is 18.8 Å². The minimum absolute atomic E-state index is 0.0586. The second-order valence-electron chi connectivity index (χ2n) is 6.50. The summed E-state index contributed by atoms with van der Waals surface area (Å²) in [5.41, 5.74) is 0.247. The fourth-order valence-electron chi connectivity index (χ4n) is 2.67.